The Hall–Kier alpha value is -2.31. The number of hydrogen-bond donors (Lipinski definition) is 0. The van der Waals surface area contributed by atoms with Crippen molar-refractivity contribution in [3.8, 4) is 5.75 Å². The summed E-state index contributed by atoms with van der Waals surface area (Å²) >= 11 is 0. The summed E-state index contributed by atoms with van der Waals surface area (Å²) in [5, 5.41) is 0. The van der Waals surface area contributed by atoms with Crippen molar-refractivity contribution in [1.29, 1.82) is 0 Å². The first-order valence-electron chi connectivity index (χ1n) is 8.18. The number of rotatable bonds is 5. The summed E-state index contributed by atoms with van der Waals surface area (Å²) < 4.78 is 24.2. The van der Waals surface area contributed by atoms with E-state index >= 15 is 0 Å². The number of benzene rings is 1. The smallest absolute Gasteiger partial charge is 0.409 e. The fourth-order valence-corrected chi connectivity index (χ4v) is 2.53. The summed E-state index contributed by atoms with van der Waals surface area (Å²) in [7, 11) is 0. The van der Waals surface area contributed by atoms with Crippen molar-refractivity contribution in [2.75, 3.05) is 32.8 Å². The van der Waals surface area contributed by atoms with Crippen LogP contribution in [0, 0.1) is 5.82 Å². The molecule has 1 saturated heterocycles. The molecule has 2 amide bonds. The monoisotopic (exact) mass is 338 g/mol. The maximum absolute atomic E-state index is 13.7. The van der Waals surface area contributed by atoms with Gasteiger partial charge in [-0.05, 0) is 25.5 Å². The van der Waals surface area contributed by atoms with Crippen molar-refractivity contribution in [2.24, 2.45) is 0 Å². The van der Waals surface area contributed by atoms with Crippen LogP contribution in [0.15, 0.2) is 24.3 Å². The largest absolute Gasteiger partial charge is 0.478 e. The number of para-hydroxylation sites is 1. The van der Waals surface area contributed by atoms with Crippen molar-refractivity contribution >= 4 is 12.0 Å². The highest BCUT2D eigenvalue weighted by Gasteiger charge is 2.30. The van der Waals surface area contributed by atoms with Crippen LogP contribution in [0.2, 0.25) is 0 Å². The highest BCUT2D eigenvalue weighted by atomic mass is 19.1. The molecule has 0 aliphatic carbocycles. The molecular weight excluding hydrogens is 315 g/mol. The van der Waals surface area contributed by atoms with E-state index < -0.39 is 11.9 Å². The molecule has 1 atom stereocenters. The SMILES string of the molecule is CCOC(=O)N1CCN(C(=O)C(CC)Oc2ccccc2F)CC1. The molecule has 0 saturated carbocycles. The van der Waals surface area contributed by atoms with Gasteiger partial charge in [0, 0.05) is 26.2 Å². The molecule has 7 heteroatoms. The quantitative estimate of drug-likeness (QED) is 0.826. The highest BCUT2D eigenvalue weighted by Crippen LogP contribution is 2.19. The van der Waals surface area contributed by atoms with E-state index in [4.69, 9.17) is 9.47 Å². The maximum atomic E-state index is 13.7. The molecule has 6 nitrogen and oxygen atoms in total. The van der Waals surface area contributed by atoms with Gasteiger partial charge in [-0.2, -0.15) is 0 Å². The molecule has 1 aliphatic heterocycles. The van der Waals surface area contributed by atoms with E-state index in [-0.39, 0.29) is 17.7 Å². The molecule has 0 N–H and O–H groups in total. The van der Waals surface area contributed by atoms with Crippen LogP contribution in [0.5, 0.6) is 5.75 Å². The van der Waals surface area contributed by atoms with Gasteiger partial charge in [-0.15, -0.1) is 0 Å². The van der Waals surface area contributed by atoms with Crippen LogP contribution in [0.1, 0.15) is 20.3 Å². The van der Waals surface area contributed by atoms with E-state index in [0.29, 0.717) is 39.2 Å². The van der Waals surface area contributed by atoms with E-state index in [1.165, 1.54) is 12.1 Å². The summed E-state index contributed by atoms with van der Waals surface area (Å²) in [5.41, 5.74) is 0. The molecule has 1 unspecified atom stereocenters. The third-order valence-electron chi connectivity index (χ3n) is 3.87. The fraction of sp³-hybridized carbons (Fsp3) is 0.529. The Kier molecular flexibility index (Phi) is 6.40. The number of nitrogens with zero attached hydrogens (tertiary/aromatic N) is 2. The second kappa shape index (κ2) is 8.52. The molecule has 2 rings (SSSR count). The van der Waals surface area contributed by atoms with Crippen molar-refractivity contribution in [1.82, 2.24) is 9.80 Å². The zero-order valence-electron chi connectivity index (χ0n) is 14.0. The molecule has 1 aromatic carbocycles. The molecule has 132 valence electrons. The van der Waals surface area contributed by atoms with Crippen LogP contribution in [0.3, 0.4) is 0 Å². The maximum Gasteiger partial charge on any atom is 0.409 e. The van der Waals surface area contributed by atoms with Gasteiger partial charge in [-0.3, -0.25) is 4.79 Å². The number of ether oxygens (including phenoxy) is 2. The van der Waals surface area contributed by atoms with E-state index in [1.54, 1.807) is 28.9 Å². The topological polar surface area (TPSA) is 59.1 Å². The van der Waals surface area contributed by atoms with Gasteiger partial charge in [-0.1, -0.05) is 19.1 Å². The van der Waals surface area contributed by atoms with Gasteiger partial charge < -0.3 is 19.3 Å². The predicted octanol–water partition coefficient (Wildman–Crippen LogP) is 2.28. The molecule has 0 aromatic heterocycles. The van der Waals surface area contributed by atoms with Crippen LogP contribution in [-0.4, -0.2) is 60.7 Å². The summed E-state index contributed by atoms with van der Waals surface area (Å²) in [4.78, 5) is 27.5. The summed E-state index contributed by atoms with van der Waals surface area (Å²) in [5.74, 6) is -0.608. The van der Waals surface area contributed by atoms with Gasteiger partial charge >= 0.3 is 6.09 Å². The summed E-state index contributed by atoms with van der Waals surface area (Å²) in [6.07, 6.45) is -0.666. The predicted molar refractivity (Wildman–Crippen MR) is 86.3 cm³/mol. The van der Waals surface area contributed by atoms with Gasteiger partial charge in [0.1, 0.15) is 0 Å². The molecule has 1 heterocycles. The van der Waals surface area contributed by atoms with Gasteiger partial charge in [0.15, 0.2) is 17.7 Å². The van der Waals surface area contributed by atoms with Gasteiger partial charge in [0.25, 0.3) is 5.91 Å². The van der Waals surface area contributed by atoms with Crippen LogP contribution < -0.4 is 4.74 Å². The molecule has 0 radical (unpaired) electrons. The zero-order valence-corrected chi connectivity index (χ0v) is 14.0. The number of halogens is 1. The number of piperazine rings is 1. The van der Waals surface area contributed by atoms with Crippen molar-refractivity contribution < 1.29 is 23.5 Å². The Labute approximate surface area is 141 Å². The van der Waals surface area contributed by atoms with Crippen LogP contribution in [0.25, 0.3) is 0 Å². The first-order chi connectivity index (χ1) is 11.6. The molecular formula is C17H23FN2O4. The number of amides is 2. The van der Waals surface area contributed by atoms with Gasteiger partial charge in [0.2, 0.25) is 0 Å². The Morgan fingerprint density at radius 3 is 2.33 bits per heavy atom. The van der Waals surface area contributed by atoms with E-state index in [9.17, 15) is 14.0 Å². The lowest BCUT2D eigenvalue weighted by molar-refractivity contribution is -0.140. The van der Waals surface area contributed by atoms with Crippen LogP contribution in [-0.2, 0) is 9.53 Å². The number of carbonyl (C=O) groups excluding carboxylic acids is 2. The third kappa shape index (κ3) is 4.37. The van der Waals surface area contributed by atoms with Crippen molar-refractivity contribution in [2.45, 2.75) is 26.4 Å². The Morgan fingerprint density at radius 1 is 1.12 bits per heavy atom. The Balaban J connectivity index is 1.93. The highest BCUT2D eigenvalue weighted by molar-refractivity contribution is 5.81. The molecule has 24 heavy (non-hydrogen) atoms. The fourth-order valence-electron chi connectivity index (χ4n) is 2.53. The lowest BCUT2D eigenvalue weighted by atomic mass is 10.2. The van der Waals surface area contributed by atoms with Crippen LogP contribution in [0.4, 0.5) is 9.18 Å². The average molecular weight is 338 g/mol. The van der Waals surface area contributed by atoms with Gasteiger partial charge in [0.05, 0.1) is 6.61 Å². The second-order valence-corrected chi connectivity index (χ2v) is 5.46. The van der Waals surface area contributed by atoms with E-state index in [2.05, 4.69) is 0 Å². The minimum Gasteiger partial charge on any atom is -0.478 e. The lowest BCUT2D eigenvalue weighted by Gasteiger charge is -2.35. The first-order valence-corrected chi connectivity index (χ1v) is 8.18. The van der Waals surface area contributed by atoms with Crippen molar-refractivity contribution in [3.05, 3.63) is 30.1 Å². The normalized spacial score (nSPS) is 15.8. The van der Waals surface area contributed by atoms with Crippen LogP contribution >= 0.6 is 0 Å². The molecule has 0 spiro atoms. The third-order valence-corrected chi connectivity index (χ3v) is 3.87. The Morgan fingerprint density at radius 2 is 1.75 bits per heavy atom. The standard InChI is InChI=1S/C17H23FN2O4/c1-3-14(24-15-8-6-5-7-13(15)18)16(21)19-9-11-20(12-10-19)17(22)23-4-2/h5-8,14H,3-4,9-12H2,1-2H3. The summed E-state index contributed by atoms with van der Waals surface area (Å²) in [6.45, 7) is 5.55. The first kappa shape index (κ1) is 18.0. The molecule has 1 fully saturated rings. The molecule has 1 aliphatic rings. The summed E-state index contributed by atoms with van der Waals surface area (Å²) in [6, 6.07) is 6.03. The van der Waals surface area contributed by atoms with Gasteiger partial charge in [-0.25, -0.2) is 9.18 Å². The number of carbonyl (C=O) groups is 2. The molecule has 0 bridgehead atoms. The second-order valence-electron chi connectivity index (χ2n) is 5.46. The van der Waals surface area contributed by atoms with E-state index in [1.807, 2.05) is 6.92 Å². The van der Waals surface area contributed by atoms with E-state index in [0.717, 1.165) is 0 Å². The lowest BCUT2D eigenvalue weighted by Crippen LogP contribution is -2.53. The average Bonchev–Trinajstić information content (AvgIpc) is 2.61. The zero-order chi connectivity index (χ0) is 17.5. The number of hydrogen-bond acceptors (Lipinski definition) is 4. The van der Waals surface area contributed by atoms with Crippen molar-refractivity contribution in [3.63, 3.8) is 0 Å². The molecule has 1 aromatic rings. The minimum atomic E-state index is -0.740. The Bertz CT molecular complexity index is 573. The minimum absolute atomic E-state index is 0.0721.